The summed E-state index contributed by atoms with van der Waals surface area (Å²) in [5, 5.41) is 4.19. The van der Waals surface area contributed by atoms with E-state index in [1.165, 1.54) is 19.6 Å². The van der Waals surface area contributed by atoms with Crippen LogP contribution in [0.4, 0.5) is 0 Å². The Morgan fingerprint density at radius 3 is 2.81 bits per heavy atom. The number of ether oxygens (including phenoxy) is 2. The fourth-order valence-corrected chi connectivity index (χ4v) is 2.97. The summed E-state index contributed by atoms with van der Waals surface area (Å²) < 4.78 is 10.7. The summed E-state index contributed by atoms with van der Waals surface area (Å²) in [4.78, 5) is 3.92. The maximum absolute atomic E-state index is 5.50. The summed E-state index contributed by atoms with van der Waals surface area (Å²) in [6, 6.07) is 6.01. The van der Waals surface area contributed by atoms with Gasteiger partial charge < -0.3 is 24.6 Å². The molecule has 0 amide bonds. The van der Waals surface area contributed by atoms with Gasteiger partial charge in [-0.2, -0.15) is 0 Å². The van der Waals surface area contributed by atoms with Crippen molar-refractivity contribution in [3.8, 4) is 11.5 Å². The number of hydrogen-bond donors (Lipinski definition) is 2. The van der Waals surface area contributed by atoms with Gasteiger partial charge in [0.2, 0.25) is 6.79 Å². The molecule has 21 heavy (non-hydrogen) atoms. The summed E-state index contributed by atoms with van der Waals surface area (Å²) in [7, 11) is 0. The highest BCUT2D eigenvalue weighted by molar-refractivity contribution is 7.80. The molecular weight excluding hydrogens is 286 g/mol. The molecule has 5 nitrogen and oxygen atoms in total. The highest BCUT2D eigenvalue weighted by Gasteiger charge is 2.20. The second-order valence-corrected chi connectivity index (χ2v) is 5.82. The van der Waals surface area contributed by atoms with Gasteiger partial charge in [-0.15, -0.1) is 0 Å². The Morgan fingerprint density at radius 2 is 2.05 bits per heavy atom. The summed E-state index contributed by atoms with van der Waals surface area (Å²) in [6.45, 7) is 8.88. The van der Waals surface area contributed by atoms with Crippen molar-refractivity contribution in [2.75, 3.05) is 39.5 Å². The number of thiocarbonyl (C=S) groups is 1. The molecule has 0 bridgehead atoms. The van der Waals surface area contributed by atoms with Gasteiger partial charge in [0.05, 0.1) is 32.7 Å². The van der Waals surface area contributed by atoms with Gasteiger partial charge in [-0.05, 0) is 36.8 Å². The molecule has 0 aliphatic carbocycles. The SMILES string of the molecule is CC[NH+]1CCN(C(=S)NCc2ccc3c(c2)OCO3)CC1. The monoisotopic (exact) mass is 308 g/mol. The Bertz CT molecular complexity index is 516. The average Bonchev–Trinajstić information content (AvgIpc) is 3.00. The Morgan fingerprint density at radius 1 is 1.29 bits per heavy atom. The molecule has 0 radical (unpaired) electrons. The fraction of sp³-hybridized carbons (Fsp3) is 0.533. The molecule has 1 aromatic rings. The van der Waals surface area contributed by atoms with Crippen molar-refractivity contribution in [1.82, 2.24) is 10.2 Å². The van der Waals surface area contributed by atoms with Crippen LogP contribution in [0.25, 0.3) is 0 Å². The van der Waals surface area contributed by atoms with E-state index in [1.54, 1.807) is 4.90 Å². The van der Waals surface area contributed by atoms with Gasteiger partial charge in [-0.25, -0.2) is 0 Å². The van der Waals surface area contributed by atoms with Crippen molar-refractivity contribution in [3.05, 3.63) is 23.8 Å². The number of nitrogens with one attached hydrogen (secondary N) is 2. The highest BCUT2D eigenvalue weighted by atomic mass is 32.1. The second-order valence-electron chi connectivity index (χ2n) is 5.44. The largest absolute Gasteiger partial charge is 0.454 e. The van der Waals surface area contributed by atoms with Crippen molar-refractivity contribution < 1.29 is 14.4 Å². The molecule has 1 saturated heterocycles. The van der Waals surface area contributed by atoms with Gasteiger partial charge in [-0.3, -0.25) is 0 Å². The number of likely N-dealkylation sites (N-methyl/N-ethyl adjacent to an activating group) is 1. The van der Waals surface area contributed by atoms with Crippen LogP contribution < -0.4 is 19.7 Å². The van der Waals surface area contributed by atoms with Gasteiger partial charge >= 0.3 is 0 Å². The molecule has 0 aromatic heterocycles. The number of hydrogen-bond acceptors (Lipinski definition) is 3. The van der Waals surface area contributed by atoms with E-state index in [2.05, 4.69) is 17.1 Å². The first-order valence-corrected chi connectivity index (χ1v) is 7.92. The van der Waals surface area contributed by atoms with Crippen LogP contribution in [-0.4, -0.2) is 49.5 Å². The topological polar surface area (TPSA) is 38.2 Å². The zero-order valence-corrected chi connectivity index (χ0v) is 13.2. The van der Waals surface area contributed by atoms with E-state index in [1.807, 2.05) is 18.2 Å². The minimum Gasteiger partial charge on any atom is -0.454 e. The van der Waals surface area contributed by atoms with Crippen LogP contribution >= 0.6 is 12.2 Å². The van der Waals surface area contributed by atoms with Crippen LogP contribution in [0.3, 0.4) is 0 Å². The number of fused-ring (bicyclic) bond motifs is 1. The normalized spacial score (nSPS) is 17.9. The Labute approximate surface area is 130 Å². The molecule has 0 saturated carbocycles. The minimum atomic E-state index is 0.314. The van der Waals surface area contributed by atoms with E-state index >= 15 is 0 Å². The van der Waals surface area contributed by atoms with Crippen molar-refractivity contribution in [2.45, 2.75) is 13.5 Å². The van der Waals surface area contributed by atoms with E-state index in [9.17, 15) is 0 Å². The van der Waals surface area contributed by atoms with Crippen molar-refractivity contribution >= 4 is 17.3 Å². The smallest absolute Gasteiger partial charge is 0.231 e. The zero-order chi connectivity index (χ0) is 14.7. The maximum atomic E-state index is 5.50. The number of nitrogens with zero attached hydrogens (tertiary/aromatic N) is 1. The highest BCUT2D eigenvalue weighted by Crippen LogP contribution is 2.32. The lowest BCUT2D eigenvalue weighted by molar-refractivity contribution is -0.902. The molecule has 2 aliphatic rings. The lowest BCUT2D eigenvalue weighted by Crippen LogP contribution is -3.14. The predicted molar refractivity (Wildman–Crippen MR) is 84.8 cm³/mol. The summed E-state index contributed by atoms with van der Waals surface area (Å²) in [5.41, 5.74) is 1.15. The third kappa shape index (κ3) is 3.39. The first-order chi connectivity index (χ1) is 10.3. The van der Waals surface area contributed by atoms with Crippen LogP contribution in [0, 0.1) is 0 Å². The molecule has 2 heterocycles. The molecule has 1 fully saturated rings. The fourth-order valence-electron chi connectivity index (χ4n) is 2.72. The summed E-state index contributed by atoms with van der Waals surface area (Å²) in [6.07, 6.45) is 0. The molecule has 0 spiro atoms. The molecule has 114 valence electrons. The Kier molecular flexibility index (Phi) is 4.45. The molecule has 0 atom stereocenters. The number of rotatable bonds is 3. The molecule has 0 unspecified atom stereocenters. The van der Waals surface area contributed by atoms with Gasteiger partial charge in [-0.1, -0.05) is 6.07 Å². The number of quaternary nitrogens is 1. The van der Waals surface area contributed by atoms with Crippen molar-refractivity contribution in [2.24, 2.45) is 0 Å². The molecular formula is C15H22N3O2S+. The molecule has 1 aromatic carbocycles. The van der Waals surface area contributed by atoms with E-state index in [0.29, 0.717) is 6.79 Å². The molecule has 3 rings (SSSR count). The number of piperazine rings is 1. The average molecular weight is 308 g/mol. The van der Waals surface area contributed by atoms with Crippen molar-refractivity contribution in [1.29, 1.82) is 0 Å². The van der Waals surface area contributed by atoms with E-state index < -0.39 is 0 Å². The lowest BCUT2D eigenvalue weighted by Gasteiger charge is -2.33. The first kappa shape index (κ1) is 14.4. The standard InChI is InChI=1S/C15H21N3O2S/c1-2-17-5-7-18(8-6-17)15(21)16-10-12-3-4-13-14(9-12)20-11-19-13/h3-4,9H,2,5-8,10-11H2,1H3,(H,16,21)/p+1. The summed E-state index contributed by atoms with van der Waals surface area (Å²) >= 11 is 5.50. The van der Waals surface area contributed by atoms with Crippen LogP contribution in [-0.2, 0) is 6.54 Å². The second kappa shape index (κ2) is 6.49. The third-order valence-electron chi connectivity index (χ3n) is 4.14. The predicted octanol–water partition coefficient (Wildman–Crippen LogP) is 0.0102. The van der Waals surface area contributed by atoms with Crippen molar-refractivity contribution in [3.63, 3.8) is 0 Å². The van der Waals surface area contributed by atoms with Gasteiger partial charge in [0, 0.05) is 6.54 Å². The third-order valence-corrected chi connectivity index (χ3v) is 4.54. The Balaban J connectivity index is 1.50. The number of benzene rings is 1. The van der Waals surface area contributed by atoms with Gasteiger partial charge in [0.1, 0.15) is 0 Å². The first-order valence-electron chi connectivity index (χ1n) is 7.51. The van der Waals surface area contributed by atoms with Crippen LogP contribution in [0.2, 0.25) is 0 Å². The van der Waals surface area contributed by atoms with E-state index in [-0.39, 0.29) is 0 Å². The quantitative estimate of drug-likeness (QED) is 0.770. The van der Waals surface area contributed by atoms with Gasteiger partial charge in [0.25, 0.3) is 0 Å². The van der Waals surface area contributed by atoms with E-state index in [0.717, 1.165) is 41.8 Å². The summed E-state index contributed by atoms with van der Waals surface area (Å²) in [5.74, 6) is 1.64. The van der Waals surface area contributed by atoms with Gasteiger partial charge in [0.15, 0.2) is 16.6 Å². The van der Waals surface area contributed by atoms with Crippen LogP contribution in [0.5, 0.6) is 11.5 Å². The Hall–Kier alpha value is -1.53. The van der Waals surface area contributed by atoms with Crippen LogP contribution in [0.1, 0.15) is 12.5 Å². The van der Waals surface area contributed by atoms with E-state index in [4.69, 9.17) is 21.7 Å². The maximum Gasteiger partial charge on any atom is 0.231 e. The molecule has 2 aliphatic heterocycles. The van der Waals surface area contributed by atoms with Crippen LogP contribution in [0.15, 0.2) is 18.2 Å². The molecule has 6 heteroatoms. The molecule has 2 N–H and O–H groups in total. The lowest BCUT2D eigenvalue weighted by atomic mass is 10.2. The zero-order valence-electron chi connectivity index (χ0n) is 12.4. The minimum absolute atomic E-state index is 0.314.